The van der Waals surface area contributed by atoms with E-state index in [2.05, 4.69) is 0 Å². The molecule has 0 spiro atoms. The van der Waals surface area contributed by atoms with Crippen LogP contribution in [0.25, 0.3) is 0 Å². The predicted molar refractivity (Wildman–Crippen MR) is 83.6 cm³/mol. The molecule has 0 bridgehead atoms. The van der Waals surface area contributed by atoms with E-state index in [-0.39, 0.29) is 18.6 Å². The summed E-state index contributed by atoms with van der Waals surface area (Å²) >= 11 is 0. The zero-order valence-corrected chi connectivity index (χ0v) is 13.1. The third kappa shape index (κ3) is 3.84. The molecule has 1 unspecified atom stereocenters. The van der Waals surface area contributed by atoms with Crippen molar-refractivity contribution in [2.75, 3.05) is 6.61 Å². The standard InChI is InChI=1S/C17H19FN2O3/c1-3-23-17(22)15(19)9-12-8-11(10-20(12)2)16(21)13-6-4-5-7-14(13)18/h4-8,10,15H,3,9,19H2,1-2H3. The number of halogens is 1. The molecule has 0 aliphatic heterocycles. The molecule has 5 nitrogen and oxygen atoms in total. The molecule has 2 aromatic rings. The number of nitrogens with two attached hydrogens (primary N) is 1. The summed E-state index contributed by atoms with van der Waals surface area (Å²) in [5.41, 5.74) is 6.86. The minimum absolute atomic E-state index is 0.0133. The Kier molecular flexibility index (Phi) is 5.28. The first-order chi connectivity index (χ1) is 10.9. The number of carbonyl (C=O) groups is 2. The normalized spacial score (nSPS) is 12.0. The highest BCUT2D eigenvalue weighted by Crippen LogP contribution is 2.16. The average molecular weight is 318 g/mol. The number of ketones is 1. The van der Waals surface area contributed by atoms with Gasteiger partial charge in [-0.15, -0.1) is 0 Å². The fourth-order valence-electron chi connectivity index (χ4n) is 2.30. The van der Waals surface area contributed by atoms with Crippen LogP contribution in [0.15, 0.2) is 36.5 Å². The SMILES string of the molecule is CCOC(=O)C(N)Cc1cc(C(=O)c2ccccc2F)cn1C. The highest BCUT2D eigenvalue weighted by molar-refractivity contribution is 6.09. The van der Waals surface area contributed by atoms with Gasteiger partial charge in [-0.2, -0.15) is 0 Å². The fourth-order valence-corrected chi connectivity index (χ4v) is 2.30. The average Bonchev–Trinajstić information content (AvgIpc) is 2.88. The largest absolute Gasteiger partial charge is 0.465 e. The van der Waals surface area contributed by atoms with Gasteiger partial charge in [-0.1, -0.05) is 12.1 Å². The lowest BCUT2D eigenvalue weighted by Gasteiger charge is -2.10. The molecule has 2 N–H and O–H groups in total. The Labute approximate surface area is 133 Å². The monoisotopic (exact) mass is 318 g/mol. The zero-order valence-electron chi connectivity index (χ0n) is 13.1. The summed E-state index contributed by atoms with van der Waals surface area (Å²) in [6.45, 7) is 1.97. The lowest BCUT2D eigenvalue weighted by Crippen LogP contribution is -2.34. The first-order valence-corrected chi connectivity index (χ1v) is 7.30. The van der Waals surface area contributed by atoms with E-state index < -0.39 is 23.6 Å². The molecule has 2 rings (SSSR count). The number of ether oxygens (including phenoxy) is 1. The van der Waals surface area contributed by atoms with E-state index in [1.165, 1.54) is 18.2 Å². The topological polar surface area (TPSA) is 74.3 Å². The van der Waals surface area contributed by atoms with Crippen molar-refractivity contribution in [3.8, 4) is 0 Å². The summed E-state index contributed by atoms with van der Waals surface area (Å²) in [7, 11) is 1.74. The maximum atomic E-state index is 13.7. The molecule has 0 aliphatic carbocycles. The Hall–Kier alpha value is -2.47. The maximum Gasteiger partial charge on any atom is 0.323 e. The fraction of sp³-hybridized carbons (Fsp3) is 0.294. The number of hydrogen-bond acceptors (Lipinski definition) is 4. The molecule has 0 saturated carbocycles. The number of carbonyl (C=O) groups excluding carboxylic acids is 2. The Morgan fingerprint density at radius 1 is 1.35 bits per heavy atom. The number of rotatable bonds is 6. The van der Waals surface area contributed by atoms with E-state index in [4.69, 9.17) is 10.5 Å². The molecule has 0 aliphatic rings. The van der Waals surface area contributed by atoms with E-state index >= 15 is 0 Å². The lowest BCUT2D eigenvalue weighted by molar-refractivity contribution is -0.144. The quantitative estimate of drug-likeness (QED) is 0.651. The second-order valence-electron chi connectivity index (χ2n) is 5.20. The van der Waals surface area contributed by atoms with Gasteiger partial charge >= 0.3 is 5.97 Å². The molecule has 23 heavy (non-hydrogen) atoms. The number of hydrogen-bond donors (Lipinski definition) is 1. The van der Waals surface area contributed by atoms with Gasteiger partial charge in [0.05, 0.1) is 12.2 Å². The summed E-state index contributed by atoms with van der Waals surface area (Å²) in [6.07, 6.45) is 1.84. The van der Waals surface area contributed by atoms with Gasteiger partial charge in [-0.05, 0) is 25.1 Å². The molecule has 1 atom stereocenters. The number of aryl methyl sites for hydroxylation is 1. The molecule has 0 saturated heterocycles. The molecular weight excluding hydrogens is 299 g/mol. The summed E-state index contributed by atoms with van der Waals surface area (Å²) in [5, 5.41) is 0. The number of aromatic nitrogens is 1. The van der Waals surface area contributed by atoms with E-state index in [1.807, 2.05) is 0 Å². The van der Waals surface area contributed by atoms with Crippen molar-refractivity contribution >= 4 is 11.8 Å². The van der Waals surface area contributed by atoms with Crippen LogP contribution < -0.4 is 5.73 Å². The van der Waals surface area contributed by atoms with Crippen LogP contribution in [0.2, 0.25) is 0 Å². The molecular formula is C17H19FN2O3. The van der Waals surface area contributed by atoms with Gasteiger partial charge in [0.1, 0.15) is 11.9 Å². The van der Waals surface area contributed by atoms with Crippen molar-refractivity contribution in [2.45, 2.75) is 19.4 Å². The van der Waals surface area contributed by atoms with Crippen LogP contribution in [0.4, 0.5) is 4.39 Å². The van der Waals surface area contributed by atoms with Gasteiger partial charge in [0.15, 0.2) is 5.78 Å². The van der Waals surface area contributed by atoms with Crippen LogP contribution in [0, 0.1) is 5.82 Å². The molecule has 0 radical (unpaired) electrons. The number of nitrogens with zero attached hydrogens (tertiary/aromatic N) is 1. The smallest absolute Gasteiger partial charge is 0.323 e. The van der Waals surface area contributed by atoms with Gasteiger partial charge in [-0.25, -0.2) is 4.39 Å². The Morgan fingerprint density at radius 2 is 2.04 bits per heavy atom. The predicted octanol–water partition coefficient (Wildman–Crippen LogP) is 1.83. The molecule has 0 amide bonds. The summed E-state index contributed by atoms with van der Waals surface area (Å²) in [5.74, 6) is -1.46. The van der Waals surface area contributed by atoms with Crippen molar-refractivity contribution < 1.29 is 18.7 Å². The third-order valence-corrected chi connectivity index (χ3v) is 3.51. The maximum absolute atomic E-state index is 13.7. The van der Waals surface area contributed by atoms with Crippen LogP contribution in [-0.4, -0.2) is 29.0 Å². The highest BCUT2D eigenvalue weighted by atomic mass is 19.1. The van der Waals surface area contributed by atoms with E-state index in [1.54, 1.807) is 36.9 Å². The second-order valence-corrected chi connectivity index (χ2v) is 5.20. The van der Waals surface area contributed by atoms with Gasteiger partial charge in [0.2, 0.25) is 0 Å². The second kappa shape index (κ2) is 7.19. The van der Waals surface area contributed by atoms with Gasteiger partial charge in [0, 0.05) is 30.9 Å². The van der Waals surface area contributed by atoms with Crippen LogP contribution in [-0.2, 0) is 23.0 Å². The van der Waals surface area contributed by atoms with Crippen molar-refractivity contribution in [3.05, 3.63) is 59.2 Å². The lowest BCUT2D eigenvalue weighted by atomic mass is 10.0. The molecule has 1 aromatic heterocycles. The van der Waals surface area contributed by atoms with Crippen molar-refractivity contribution in [1.82, 2.24) is 4.57 Å². The Balaban J connectivity index is 2.20. The first kappa shape index (κ1) is 16.9. The first-order valence-electron chi connectivity index (χ1n) is 7.30. The van der Waals surface area contributed by atoms with Crippen LogP contribution in [0.5, 0.6) is 0 Å². The molecule has 1 heterocycles. The third-order valence-electron chi connectivity index (χ3n) is 3.51. The molecule has 6 heteroatoms. The van der Waals surface area contributed by atoms with Crippen molar-refractivity contribution in [2.24, 2.45) is 12.8 Å². The summed E-state index contributed by atoms with van der Waals surface area (Å²) in [4.78, 5) is 24.0. The minimum Gasteiger partial charge on any atom is -0.465 e. The van der Waals surface area contributed by atoms with E-state index in [9.17, 15) is 14.0 Å². The number of esters is 1. The molecule has 0 fully saturated rings. The van der Waals surface area contributed by atoms with Gasteiger partial charge in [0.25, 0.3) is 0 Å². The minimum atomic E-state index is -0.806. The summed E-state index contributed by atoms with van der Waals surface area (Å²) in [6, 6.07) is 6.63. The summed E-state index contributed by atoms with van der Waals surface area (Å²) < 4.78 is 20.3. The zero-order chi connectivity index (χ0) is 17.0. The van der Waals surface area contributed by atoms with Crippen molar-refractivity contribution in [3.63, 3.8) is 0 Å². The highest BCUT2D eigenvalue weighted by Gasteiger charge is 2.20. The van der Waals surface area contributed by atoms with E-state index in [0.717, 1.165) is 0 Å². The number of benzene rings is 1. The van der Waals surface area contributed by atoms with Crippen LogP contribution >= 0.6 is 0 Å². The Bertz CT molecular complexity index is 724. The van der Waals surface area contributed by atoms with Crippen LogP contribution in [0.3, 0.4) is 0 Å². The van der Waals surface area contributed by atoms with Gasteiger partial charge in [-0.3, -0.25) is 9.59 Å². The van der Waals surface area contributed by atoms with Crippen molar-refractivity contribution in [1.29, 1.82) is 0 Å². The van der Waals surface area contributed by atoms with Crippen LogP contribution in [0.1, 0.15) is 28.5 Å². The Morgan fingerprint density at radius 3 is 2.70 bits per heavy atom. The van der Waals surface area contributed by atoms with E-state index in [0.29, 0.717) is 11.3 Å². The molecule has 122 valence electrons. The van der Waals surface area contributed by atoms with Gasteiger partial charge < -0.3 is 15.0 Å². The molecule has 1 aromatic carbocycles.